The SMILES string of the molecule is Nc1ccc(S(=O)(=O)C2CCCOC2)cc1. The standard InChI is InChI=1S/C11H15NO3S/c12-9-3-5-10(6-4-9)16(13,14)11-2-1-7-15-8-11/h3-6,11H,1-2,7-8,12H2. The van der Waals surface area contributed by atoms with E-state index in [1.165, 1.54) is 0 Å². The van der Waals surface area contributed by atoms with Crippen molar-refractivity contribution in [2.24, 2.45) is 0 Å². The molecule has 0 bridgehead atoms. The van der Waals surface area contributed by atoms with Gasteiger partial charge in [-0.25, -0.2) is 8.42 Å². The van der Waals surface area contributed by atoms with Gasteiger partial charge < -0.3 is 10.5 Å². The molecule has 2 N–H and O–H groups in total. The summed E-state index contributed by atoms with van der Waals surface area (Å²) in [5.41, 5.74) is 6.10. The molecule has 1 saturated heterocycles. The minimum absolute atomic E-state index is 0.298. The van der Waals surface area contributed by atoms with Crippen LogP contribution in [-0.4, -0.2) is 26.9 Å². The van der Waals surface area contributed by atoms with E-state index in [0.717, 1.165) is 6.42 Å². The lowest BCUT2D eigenvalue weighted by Crippen LogP contribution is -2.30. The Hall–Kier alpha value is -1.07. The van der Waals surface area contributed by atoms with E-state index in [9.17, 15) is 8.42 Å². The van der Waals surface area contributed by atoms with Crippen LogP contribution in [0, 0.1) is 0 Å². The van der Waals surface area contributed by atoms with E-state index in [4.69, 9.17) is 10.5 Å². The van der Waals surface area contributed by atoms with Crippen LogP contribution in [0.1, 0.15) is 12.8 Å². The van der Waals surface area contributed by atoms with Crippen LogP contribution in [-0.2, 0) is 14.6 Å². The van der Waals surface area contributed by atoms with Gasteiger partial charge in [-0.05, 0) is 37.1 Å². The Morgan fingerprint density at radius 2 is 1.94 bits per heavy atom. The van der Waals surface area contributed by atoms with E-state index in [0.29, 0.717) is 30.2 Å². The summed E-state index contributed by atoms with van der Waals surface area (Å²) in [5.74, 6) is 0. The van der Waals surface area contributed by atoms with E-state index < -0.39 is 15.1 Å². The van der Waals surface area contributed by atoms with Crippen molar-refractivity contribution in [2.75, 3.05) is 18.9 Å². The number of nitrogens with two attached hydrogens (primary N) is 1. The molecule has 0 radical (unpaired) electrons. The lowest BCUT2D eigenvalue weighted by molar-refractivity contribution is 0.0991. The summed E-state index contributed by atoms with van der Waals surface area (Å²) in [4.78, 5) is 0.331. The van der Waals surface area contributed by atoms with Crippen molar-refractivity contribution >= 4 is 15.5 Å². The summed E-state index contributed by atoms with van der Waals surface area (Å²) in [5, 5.41) is -0.412. The summed E-state index contributed by atoms with van der Waals surface area (Å²) in [6, 6.07) is 6.33. The maximum absolute atomic E-state index is 12.2. The number of hydrogen-bond donors (Lipinski definition) is 1. The van der Waals surface area contributed by atoms with E-state index in [1.807, 2.05) is 0 Å². The third kappa shape index (κ3) is 2.20. The van der Waals surface area contributed by atoms with Gasteiger partial charge in [-0.15, -0.1) is 0 Å². The molecule has 5 heteroatoms. The molecule has 1 aromatic carbocycles. The second kappa shape index (κ2) is 4.43. The Kier molecular flexibility index (Phi) is 3.16. The second-order valence-corrected chi connectivity index (χ2v) is 6.18. The molecule has 88 valence electrons. The van der Waals surface area contributed by atoms with Crippen LogP contribution >= 0.6 is 0 Å². The van der Waals surface area contributed by atoms with Crippen LogP contribution in [0.3, 0.4) is 0 Å². The summed E-state index contributed by atoms with van der Waals surface area (Å²) < 4.78 is 29.6. The molecule has 1 heterocycles. The number of rotatable bonds is 2. The van der Waals surface area contributed by atoms with Crippen LogP contribution < -0.4 is 5.73 Å². The zero-order chi connectivity index (χ0) is 11.6. The summed E-state index contributed by atoms with van der Waals surface area (Å²) in [6.07, 6.45) is 1.48. The van der Waals surface area contributed by atoms with Gasteiger partial charge in [0.15, 0.2) is 9.84 Å². The Morgan fingerprint density at radius 3 is 2.50 bits per heavy atom. The zero-order valence-electron chi connectivity index (χ0n) is 8.93. The molecule has 1 unspecified atom stereocenters. The van der Waals surface area contributed by atoms with Gasteiger partial charge in [-0.1, -0.05) is 0 Å². The number of sulfone groups is 1. The number of hydrogen-bond acceptors (Lipinski definition) is 4. The Labute approximate surface area is 95.3 Å². The van der Waals surface area contributed by atoms with Crippen molar-refractivity contribution in [3.05, 3.63) is 24.3 Å². The lowest BCUT2D eigenvalue weighted by atomic mass is 10.2. The fourth-order valence-corrected chi connectivity index (χ4v) is 3.46. The fourth-order valence-electron chi connectivity index (χ4n) is 1.81. The van der Waals surface area contributed by atoms with Crippen LogP contribution in [0.2, 0.25) is 0 Å². The van der Waals surface area contributed by atoms with Crippen molar-refractivity contribution in [3.63, 3.8) is 0 Å². The molecule has 0 saturated carbocycles. The van der Waals surface area contributed by atoms with Gasteiger partial charge >= 0.3 is 0 Å². The maximum Gasteiger partial charge on any atom is 0.183 e. The predicted octanol–water partition coefficient (Wildman–Crippen LogP) is 1.22. The number of anilines is 1. The van der Waals surface area contributed by atoms with E-state index in [1.54, 1.807) is 24.3 Å². The van der Waals surface area contributed by atoms with Gasteiger partial charge in [0.05, 0.1) is 16.8 Å². The Balaban J connectivity index is 2.27. The minimum atomic E-state index is -3.26. The van der Waals surface area contributed by atoms with Crippen molar-refractivity contribution in [3.8, 4) is 0 Å². The Morgan fingerprint density at radius 1 is 1.25 bits per heavy atom. The van der Waals surface area contributed by atoms with Crippen molar-refractivity contribution in [2.45, 2.75) is 23.0 Å². The molecule has 16 heavy (non-hydrogen) atoms. The topological polar surface area (TPSA) is 69.4 Å². The molecule has 0 spiro atoms. The average molecular weight is 241 g/mol. The first-order valence-corrected chi connectivity index (χ1v) is 6.82. The van der Waals surface area contributed by atoms with Crippen molar-refractivity contribution in [1.29, 1.82) is 0 Å². The highest BCUT2D eigenvalue weighted by Crippen LogP contribution is 2.23. The molecule has 0 aromatic heterocycles. The molecule has 1 atom stereocenters. The fraction of sp³-hybridized carbons (Fsp3) is 0.455. The van der Waals surface area contributed by atoms with E-state index >= 15 is 0 Å². The molecule has 4 nitrogen and oxygen atoms in total. The van der Waals surface area contributed by atoms with Gasteiger partial charge in [-0.2, -0.15) is 0 Å². The number of nitrogen functional groups attached to an aromatic ring is 1. The lowest BCUT2D eigenvalue weighted by Gasteiger charge is -2.22. The Bertz CT molecular complexity index is 447. The molecule has 0 amide bonds. The second-order valence-electron chi connectivity index (χ2n) is 3.95. The highest BCUT2D eigenvalue weighted by Gasteiger charge is 2.29. The third-order valence-electron chi connectivity index (χ3n) is 2.77. The molecule has 1 aromatic rings. The normalized spacial score (nSPS) is 21.9. The van der Waals surface area contributed by atoms with Crippen LogP contribution in [0.5, 0.6) is 0 Å². The van der Waals surface area contributed by atoms with Gasteiger partial charge in [0.1, 0.15) is 0 Å². The zero-order valence-corrected chi connectivity index (χ0v) is 9.74. The van der Waals surface area contributed by atoms with E-state index in [-0.39, 0.29) is 0 Å². The predicted molar refractivity (Wildman–Crippen MR) is 61.9 cm³/mol. The molecular formula is C11H15NO3S. The highest BCUT2D eigenvalue weighted by molar-refractivity contribution is 7.92. The van der Waals surface area contributed by atoms with Crippen LogP contribution in [0.15, 0.2) is 29.2 Å². The van der Waals surface area contributed by atoms with Crippen LogP contribution in [0.4, 0.5) is 5.69 Å². The summed E-state index contributed by atoms with van der Waals surface area (Å²) >= 11 is 0. The average Bonchev–Trinajstić information content (AvgIpc) is 2.31. The number of ether oxygens (including phenoxy) is 1. The first kappa shape index (κ1) is 11.4. The molecule has 2 rings (SSSR count). The van der Waals surface area contributed by atoms with Crippen LogP contribution in [0.25, 0.3) is 0 Å². The molecule has 1 aliphatic heterocycles. The quantitative estimate of drug-likeness (QED) is 0.790. The highest BCUT2D eigenvalue weighted by atomic mass is 32.2. The van der Waals surface area contributed by atoms with Gasteiger partial charge in [0.25, 0.3) is 0 Å². The third-order valence-corrected chi connectivity index (χ3v) is 4.94. The van der Waals surface area contributed by atoms with Gasteiger partial charge in [0.2, 0.25) is 0 Å². The smallest absolute Gasteiger partial charge is 0.183 e. The van der Waals surface area contributed by atoms with E-state index in [2.05, 4.69) is 0 Å². The monoisotopic (exact) mass is 241 g/mol. The minimum Gasteiger partial charge on any atom is -0.399 e. The first-order valence-electron chi connectivity index (χ1n) is 5.28. The van der Waals surface area contributed by atoms with Gasteiger partial charge in [-0.3, -0.25) is 0 Å². The summed E-state index contributed by atoms with van der Waals surface area (Å²) in [7, 11) is -3.26. The van der Waals surface area contributed by atoms with Crippen molar-refractivity contribution < 1.29 is 13.2 Å². The summed E-state index contributed by atoms with van der Waals surface area (Å²) in [6.45, 7) is 0.959. The largest absolute Gasteiger partial charge is 0.399 e. The molecule has 0 aliphatic carbocycles. The van der Waals surface area contributed by atoms with Gasteiger partial charge in [0, 0.05) is 12.3 Å². The maximum atomic E-state index is 12.2. The molecule has 1 fully saturated rings. The molecule has 1 aliphatic rings. The van der Waals surface area contributed by atoms with Crippen molar-refractivity contribution in [1.82, 2.24) is 0 Å². The number of benzene rings is 1. The first-order chi connectivity index (χ1) is 7.60. The molecular weight excluding hydrogens is 226 g/mol.